The molecule has 1 aromatic heterocycles. The predicted octanol–water partition coefficient (Wildman–Crippen LogP) is 4.83. The van der Waals surface area contributed by atoms with E-state index in [0.717, 1.165) is 39.4 Å². The number of nitrogens with one attached hydrogen (secondary N) is 1. The summed E-state index contributed by atoms with van der Waals surface area (Å²) in [7, 11) is 1.68. The molecule has 0 bridgehead atoms. The molecule has 0 saturated heterocycles. The highest BCUT2D eigenvalue weighted by Gasteiger charge is 2.12. The number of nitrogens with zero attached hydrogens (tertiary/aromatic N) is 1. The van der Waals surface area contributed by atoms with E-state index >= 15 is 0 Å². The molecule has 0 aliphatic heterocycles. The maximum absolute atomic E-state index is 5.42. The molecule has 1 N–H and O–H groups in total. The van der Waals surface area contributed by atoms with Crippen molar-refractivity contribution in [3.8, 4) is 5.75 Å². The van der Waals surface area contributed by atoms with Crippen LogP contribution in [0.5, 0.6) is 5.75 Å². The zero-order valence-electron chi connectivity index (χ0n) is 12.8. The van der Waals surface area contributed by atoms with Crippen LogP contribution < -0.4 is 9.46 Å². The van der Waals surface area contributed by atoms with Crippen molar-refractivity contribution in [3.05, 3.63) is 47.5 Å². The standard InChI is InChI=1S/C17H18N2O2S/c1-4-12-8-9-13(20-3)15(10-12)22-19-17-16-11(2)6-5-7-14(16)21-18-17/h5-10H,4H2,1-3H3,(H,18,19). The molecule has 1 heterocycles. The highest BCUT2D eigenvalue weighted by molar-refractivity contribution is 8.00. The van der Waals surface area contributed by atoms with Crippen molar-refractivity contribution in [2.24, 2.45) is 0 Å². The number of hydrogen-bond acceptors (Lipinski definition) is 5. The van der Waals surface area contributed by atoms with Crippen LogP contribution >= 0.6 is 11.9 Å². The van der Waals surface area contributed by atoms with Gasteiger partial charge in [0, 0.05) is 0 Å². The topological polar surface area (TPSA) is 47.3 Å². The van der Waals surface area contributed by atoms with E-state index in [-0.39, 0.29) is 0 Å². The average Bonchev–Trinajstić information content (AvgIpc) is 2.97. The first kappa shape index (κ1) is 14.8. The van der Waals surface area contributed by atoms with E-state index in [0.29, 0.717) is 0 Å². The summed E-state index contributed by atoms with van der Waals surface area (Å²) in [5.41, 5.74) is 3.19. The minimum atomic E-state index is 0.738. The van der Waals surface area contributed by atoms with Crippen LogP contribution in [0.15, 0.2) is 45.8 Å². The van der Waals surface area contributed by atoms with Crippen LogP contribution in [-0.2, 0) is 6.42 Å². The largest absolute Gasteiger partial charge is 0.496 e. The zero-order chi connectivity index (χ0) is 15.5. The summed E-state index contributed by atoms with van der Waals surface area (Å²) in [5, 5.41) is 5.14. The van der Waals surface area contributed by atoms with Gasteiger partial charge >= 0.3 is 0 Å². The van der Waals surface area contributed by atoms with E-state index in [1.165, 1.54) is 17.5 Å². The van der Waals surface area contributed by atoms with Gasteiger partial charge in [0.1, 0.15) is 5.75 Å². The molecule has 4 nitrogen and oxygen atoms in total. The van der Waals surface area contributed by atoms with E-state index < -0.39 is 0 Å². The maximum Gasteiger partial charge on any atom is 0.187 e. The number of anilines is 1. The van der Waals surface area contributed by atoms with Crippen molar-refractivity contribution >= 4 is 28.7 Å². The number of ether oxygens (including phenoxy) is 1. The van der Waals surface area contributed by atoms with Gasteiger partial charge in [0.05, 0.1) is 17.4 Å². The first-order valence-electron chi connectivity index (χ1n) is 7.17. The fraction of sp³-hybridized carbons (Fsp3) is 0.235. The van der Waals surface area contributed by atoms with Gasteiger partial charge in [-0.25, -0.2) is 0 Å². The summed E-state index contributed by atoms with van der Waals surface area (Å²) in [4.78, 5) is 1.03. The third-order valence-corrected chi connectivity index (χ3v) is 4.43. The Morgan fingerprint density at radius 1 is 1.27 bits per heavy atom. The Balaban J connectivity index is 1.88. The molecule has 0 aliphatic carbocycles. The quantitative estimate of drug-likeness (QED) is 0.684. The Labute approximate surface area is 134 Å². The van der Waals surface area contributed by atoms with Crippen LogP contribution in [0.2, 0.25) is 0 Å². The predicted molar refractivity (Wildman–Crippen MR) is 90.6 cm³/mol. The molecule has 0 amide bonds. The van der Waals surface area contributed by atoms with Crippen LogP contribution in [0, 0.1) is 6.92 Å². The average molecular weight is 314 g/mol. The van der Waals surface area contributed by atoms with Crippen molar-refractivity contribution in [1.29, 1.82) is 0 Å². The van der Waals surface area contributed by atoms with E-state index in [9.17, 15) is 0 Å². The van der Waals surface area contributed by atoms with Gasteiger partial charge in [-0.3, -0.25) is 0 Å². The second kappa shape index (κ2) is 6.32. The lowest BCUT2D eigenvalue weighted by Gasteiger charge is -2.10. The molecule has 5 heteroatoms. The number of hydrogen-bond donors (Lipinski definition) is 1. The molecule has 0 radical (unpaired) electrons. The van der Waals surface area contributed by atoms with E-state index in [4.69, 9.17) is 9.26 Å². The molecular weight excluding hydrogens is 296 g/mol. The number of aryl methyl sites for hydroxylation is 2. The Morgan fingerprint density at radius 3 is 2.91 bits per heavy atom. The van der Waals surface area contributed by atoms with Crippen LogP contribution in [0.3, 0.4) is 0 Å². The van der Waals surface area contributed by atoms with Crippen LogP contribution in [0.1, 0.15) is 18.1 Å². The monoisotopic (exact) mass is 314 g/mol. The van der Waals surface area contributed by atoms with Gasteiger partial charge in [-0.05, 0) is 54.6 Å². The fourth-order valence-corrected chi connectivity index (χ4v) is 3.16. The molecule has 2 aromatic carbocycles. The molecule has 3 rings (SSSR count). The van der Waals surface area contributed by atoms with Crippen LogP contribution in [0.4, 0.5) is 5.82 Å². The van der Waals surface area contributed by atoms with Crippen molar-refractivity contribution < 1.29 is 9.26 Å². The molecule has 0 atom stereocenters. The molecule has 22 heavy (non-hydrogen) atoms. The Kier molecular flexibility index (Phi) is 4.24. The van der Waals surface area contributed by atoms with Gasteiger partial charge in [-0.1, -0.05) is 30.3 Å². The molecule has 3 aromatic rings. The van der Waals surface area contributed by atoms with Gasteiger partial charge in [-0.15, -0.1) is 0 Å². The lowest BCUT2D eigenvalue weighted by molar-refractivity contribution is 0.404. The molecule has 0 aliphatic rings. The Morgan fingerprint density at radius 2 is 2.14 bits per heavy atom. The van der Waals surface area contributed by atoms with Crippen molar-refractivity contribution in [2.45, 2.75) is 25.2 Å². The van der Waals surface area contributed by atoms with Crippen molar-refractivity contribution in [1.82, 2.24) is 5.16 Å². The second-order valence-corrected chi connectivity index (χ2v) is 5.87. The number of methoxy groups -OCH3 is 1. The van der Waals surface area contributed by atoms with E-state index in [2.05, 4.69) is 28.9 Å². The van der Waals surface area contributed by atoms with Gasteiger partial charge in [0.15, 0.2) is 11.4 Å². The summed E-state index contributed by atoms with van der Waals surface area (Å²) in [6.45, 7) is 4.19. The number of aromatic nitrogens is 1. The zero-order valence-corrected chi connectivity index (χ0v) is 13.7. The summed E-state index contributed by atoms with van der Waals surface area (Å²) in [6.07, 6.45) is 0.990. The Bertz CT molecular complexity index is 798. The van der Waals surface area contributed by atoms with Gasteiger partial charge < -0.3 is 14.0 Å². The van der Waals surface area contributed by atoms with Crippen molar-refractivity contribution in [2.75, 3.05) is 11.8 Å². The molecule has 0 fully saturated rings. The first-order valence-corrected chi connectivity index (χ1v) is 7.99. The second-order valence-electron chi connectivity index (χ2n) is 5.02. The lowest BCUT2D eigenvalue weighted by Crippen LogP contribution is -1.93. The molecule has 0 saturated carbocycles. The molecule has 0 spiro atoms. The summed E-state index contributed by atoms with van der Waals surface area (Å²) < 4.78 is 14.1. The van der Waals surface area contributed by atoms with Gasteiger partial charge in [0.25, 0.3) is 0 Å². The molecule has 0 unspecified atom stereocenters. The lowest BCUT2D eigenvalue weighted by atomic mass is 10.1. The first-order chi connectivity index (χ1) is 10.7. The van der Waals surface area contributed by atoms with E-state index in [1.807, 2.05) is 31.2 Å². The Hall–Kier alpha value is -2.14. The molecule has 114 valence electrons. The summed E-state index contributed by atoms with van der Waals surface area (Å²) in [6, 6.07) is 12.1. The minimum Gasteiger partial charge on any atom is -0.496 e. The highest BCUT2D eigenvalue weighted by atomic mass is 32.2. The maximum atomic E-state index is 5.42. The highest BCUT2D eigenvalue weighted by Crippen LogP contribution is 2.34. The number of rotatable bonds is 5. The van der Waals surface area contributed by atoms with Crippen molar-refractivity contribution in [3.63, 3.8) is 0 Å². The fourth-order valence-electron chi connectivity index (χ4n) is 2.35. The van der Waals surface area contributed by atoms with Crippen LogP contribution in [-0.4, -0.2) is 12.3 Å². The van der Waals surface area contributed by atoms with Crippen LogP contribution in [0.25, 0.3) is 11.0 Å². The SMILES string of the molecule is CCc1ccc(OC)c(SNc2noc3cccc(C)c23)c1. The summed E-state index contributed by atoms with van der Waals surface area (Å²) in [5.74, 6) is 1.58. The minimum absolute atomic E-state index is 0.738. The van der Waals surface area contributed by atoms with Gasteiger partial charge in [0.2, 0.25) is 0 Å². The number of fused-ring (bicyclic) bond motifs is 1. The number of benzene rings is 2. The van der Waals surface area contributed by atoms with Gasteiger partial charge in [-0.2, -0.15) is 0 Å². The third-order valence-electron chi connectivity index (χ3n) is 3.60. The molecular formula is C17H18N2O2S. The van der Waals surface area contributed by atoms with E-state index in [1.54, 1.807) is 7.11 Å². The third kappa shape index (κ3) is 2.76. The smallest absolute Gasteiger partial charge is 0.187 e. The summed E-state index contributed by atoms with van der Waals surface area (Å²) >= 11 is 1.48. The normalized spacial score (nSPS) is 10.9.